The van der Waals surface area contributed by atoms with E-state index in [0.29, 0.717) is 42.7 Å². The number of nitrogens with two attached hydrogens (primary N) is 1. The maximum atomic E-state index is 11.8. The standard InChI is InChI=1S/C14H21N3O3S/c1-10(2)9-20-8-7-17-11-5-4-6-12(21(3,18)19)13(11)16-14(17)15/h4-6,10H,7-9H2,1-3H3,(H2,15,16). The summed E-state index contributed by atoms with van der Waals surface area (Å²) in [6.45, 7) is 5.90. The zero-order chi connectivity index (χ0) is 15.6. The van der Waals surface area contributed by atoms with Gasteiger partial charge in [-0.3, -0.25) is 0 Å². The molecule has 6 nitrogen and oxygen atoms in total. The number of fused-ring (bicyclic) bond motifs is 1. The highest BCUT2D eigenvalue weighted by atomic mass is 32.2. The molecular formula is C14H21N3O3S. The molecule has 21 heavy (non-hydrogen) atoms. The Bertz CT molecular complexity index is 735. The Morgan fingerprint density at radius 2 is 2.10 bits per heavy atom. The van der Waals surface area contributed by atoms with Crippen LogP contribution in [-0.4, -0.2) is 37.4 Å². The average Bonchev–Trinajstić information content (AvgIpc) is 2.69. The minimum Gasteiger partial charge on any atom is -0.379 e. The first-order valence-electron chi connectivity index (χ1n) is 6.83. The molecule has 2 rings (SSSR count). The molecule has 0 amide bonds. The first kappa shape index (κ1) is 15.8. The van der Waals surface area contributed by atoms with Crippen molar-refractivity contribution in [1.82, 2.24) is 9.55 Å². The molecule has 0 aliphatic carbocycles. The molecule has 0 saturated heterocycles. The van der Waals surface area contributed by atoms with Gasteiger partial charge in [-0.15, -0.1) is 0 Å². The van der Waals surface area contributed by atoms with Crippen LogP contribution in [0.3, 0.4) is 0 Å². The monoisotopic (exact) mass is 311 g/mol. The number of hydrogen-bond donors (Lipinski definition) is 1. The Hall–Kier alpha value is -1.60. The van der Waals surface area contributed by atoms with Crippen molar-refractivity contribution in [2.75, 3.05) is 25.2 Å². The summed E-state index contributed by atoms with van der Waals surface area (Å²) < 4.78 is 30.9. The third-order valence-corrected chi connectivity index (χ3v) is 4.21. The lowest BCUT2D eigenvalue weighted by atomic mass is 10.2. The first-order valence-corrected chi connectivity index (χ1v) is 8.72. The summed E-state index contributed by atoms with van der Waals surface area (Å²) in [7, 11) is -3.33. The number of anilines is 1. The van der Waals surface area contributed by atoms with E-state index in [0.717, 1.165) is 0 Å². The highest BCUT2D eigenvalue weighted by Gasteiger charge is 2.17. The summed E-state index contributed by atoms with van der Waals surface area (Å²) in [5.74, 6) is 0.771. The van der Waals surface area contributed by atoms with Crippen LogP contribution in [0.25, 0.3) is 11.0 Å². The Morgan fingerprint density at radius 3 is 2.71 bits per heavy atom. The smallest absolute Gasteiger partial charge is 0.201 e. The van der Waals surface area contributed by atoms with Crippen molar-refractivity contribution in [3.8, 4) is 0 Å². The van der Waals surface area contributed by atoms with E-state index in [-0.39, 0.29) is 4.90 Å². The molecule has 0 aliphatic rings. The van der Waals surface area contributed by atoms with Crippen LogP contribution in [0.15, 0.2) is 23.1 Å². The Kier molecular flexibility index (Phi) is 4.53. The molecule has 0 radical (unpaired) electrons. The SMILES string of the molecule is CC(C)COCCn1c(N)nc2c(S(C)(=O)=O)cccc21. The summed E-state index contributed by atoms with van der Waals surface area (Å²) in [5.41, 5.74) is 7.04. The number of aromatic nitrogens is 2. The van der Waals surface area contributed by atoms with E-state index in [2.05, 4.69) is 18.8 Å². The normalized spacial score (nSPS) is 12.4. The topological polar surface area (TPSA) is 87.2 Å². The molecule has 1 aromatic carbocycles. The van der Waals surface area contributed by atoms with Gasteiger partial charge in [0.25, 0.3) is 0 Å². The molecule has 2 aromatic rings. The highest BCUT2D eigenvalue weighted by Crippen LogP contribution is 2.24. The van der Waals surface area contributed by atoms with Gasteiger partial charge in [0.05, 0.1) is 17.0 Å². The van der Waals surface area contributed by atoms with Gasteiger partial charge in [0.2, 0.25) is 5.95 Å². The second kappa shape index (κ2) is 6.03. The lowest BCUT2D eigenvalue weighted by molar-refractivity contribution is 0.104. The van der Waals surface area contributed by atoms with Gasteiger partial charge < -0.3 is 15.0 Å². The number of hydrogen-bond acceptors (Lipinski definition) is 5. The van der Waals surface area contributed by atoms with Crippen LogP contribution in [0, 0.1) is 5.92 Å². The molecule has 0 saturated carbocycles. The molecule has 0 spiro atoms. The Labute approximate surface area is 124 Å². The second-order valence-electron chi connectivity index (χ2n) is 5.49. The molecule has 0 unspecified atom stereocenters. The molecule has 2 N–H and O–H groups in total. The molecule has 7 heteroatoms. The third-order valence-electron chi connectivity index (χ3n) is 3.08. The number of sulfone groups is 1. The van der Waals surface area contributed by atoms with E-state index in [9.17, 15) is 8.42 Å². The Balaban J connectivity index is 2.31. The van der Waals surface area contributed by atoms with Gasteiger partial charge in [0.1, 0.15) is 5.52 Å². The second-order valence-corrected chi connectivity index (χ2v) is 7.47. The minimum absolute atomic E-state index is 0.202. The Morgan fingerprint density at radius 1 is 1.38 bits per heavy atom. The van der Waals surface area contributed by atoms with Crippen molar-refractivity contribution in [2.45, 2.75) is 25.3 Å². The zero-order valence-corrected chi connectivity index (χ0v) is 13.4. The van der Waals surface area contributed by atoms with Gasteiger partial charge in [-0.25, -0.2) is 13.4 Å². The summed E-state index contributed by atoms with van der Waals surface area (Å²) in [6.07, 6.45) is 1.17. The van der Waals surface area contributed by atoms with E-state index >= 15 is 0 Å². The number of nitrogen functional groups attached to an aromatic ring is 1. The van der Waals surface area contributed by atoms with Crippen LogP contribution in [0.2, 0.25) is 0 Å². The minimum atomic E-state index is -3.33. The van der Waals surface area contributed by atoms with Crippen LogP contribution in [0.5, 0.6) is 0 Å². The lowest BCUT2D eigenvalue weighted by Gasteiger charge is -2.09. The zero-order valence-electron chi connectivity index (χ0n) is 12.5. The van der Waals surface area contributed by atoms with Gasteiger partial charge in [-0.05, 0) is 18.1 Å². The average molecular weight is 311 g/mol. The number of nitrogens with zero attached hydrogens (tertiary/aromatic N) is 2. The first-order chi connectivity index (χ1) is 9.80. The lowest BCUT2D eigenvalue weighted by Crippen LogP contribution is -2.11. The predicted octanol–water partition coefficient (Wildman–Crippen LogP) is 1.69. The molecular weight excluding hydrogens is 290 g/mol. The quantitative estimate of drug-likeness (QED) is 0.820. The molecule has 1 heterocycles. The van der Waals surface area contributed by atoms with Crippen LogP contribution in [0.1, 0.15) is 13.8 Å². The number of imidazole rings is 1. The molecule has 0 bridgehead atoms. The van der Waals surface area contributed by atoms with Crippen LogP contribution < -0.4 is 5.73 Å². The van der Waals surface area contributed by atoms with Gasteiger partial charge in [-0.1, -0.05) is 19.9 Å². The summed E-state index contributed by atoms with van der Waals surface area (Å²) in [4.78, 5) is 4.40. The largest absolute Gasteiger partial charge is 0.379 e. The van der Waals surface area contributed by atoms with Crippen LogP contribution >= 0.6 is 0 Å². The van der Waals surface area contributed by atoms with Crippen molar-refractivity contribution in [3.05, 3.63) is 18.2 Å². The van der Waals surface area contributed by atoms with Gasteiger partial charge >= 0.3 is 0 Å². The van der Waals surface area contributed by atoms with Crippen molar-refractivity contribution in [1.29, 1.82) is 0 Å². The van der Waals surface area contributed by atoms with E-state index in [4.69, 9.17) is 10.5 Å². The van der Waals surface area contributed by atoms with Gasteiger partial charge in [0.15, 0.2) is 9.84 Å². The number of benzene rings is 1. The molecule has 0 fully saturated rings. The van der Waals surface area contributed by atoms with E-state index in [1.54, 1.807) is 16.7 Å². The van der Waals surface area contributed by atoms with E-state index in [1.165, 1.54) is 6.26 Å². The van der Waals surface area contributed by atoms with E-state index in [1.807, 2.05) is 6.07 Å². The molecule has 116 valence electrons. The van der Waals surface area contributed by atoms with Gasteiger partial charge in [-0.2, -0.15) is 0 Å². The summed E-state index contributed by atoms with van der Waals surface area (Å²) >= 11 is 0. The maximum absolute atomic E-state index is 11.8. The van der Waals surface area contributed by atoms with Crippen LogP contribution in [-0.2, 0) is 21.1 Å². The highest BCUT2D eigenvalue weighted by molar-refractivity contribution is 7.91. The number of ether oxygens (including phenoxy) is 1. The summed E-state index contributed by atoms with van der Waals surface area (Å²) in [5, 5.41) is 0. The van der Waals surface area contributed by atoms with Crippen LogP contribution in [0.4, 0.5) is 5.95 Å². The molecule has 0 aliphatic heterocycles. The molecule has 0 atom stereocenters. The van der Waals surface area contributed by atoms with Crippen molar-refractivity contribution in [3.63, 3.8) is 0 Å². The maximum Gasteiger partial charge on any atom is 0.201 e. The fraction of sp³-hybridized carbons (Fsp3) is 0.500. The van der Waals surface area contributed by atoms with Crippen molar-refractivity contribution >= 4 is 26.8 Å². The predicted molar refractivity (Wildman–Crippen MR) is 82.9 cm³/mol. The van der Waals surface area contributed by atoms with Crippen molar-refractivity contribution < 1.29 is 13.2 Å². The number of para-hydroxylation sites is 1. The fourth-order valence-corrected chi connectivity index (χ4v) is 2.98. The van der Waals surface area contributed by atoms with Gasteiger partial charge in [0, 0.05) is 19.4 Å². The third kappa shape index (κ3) is 3.54. The fourth-order valence-electron chi connectivity index (χ4n) is 2.15. The summed E-state index contributed by atoms with van der Waals surface area (Å²) in [6, 6.07) is 5.06. The number of rotatable bonds is 6. The molecule has 1 aromatic heterocycles. The van der Waals surface area contributed by atoms with E-state index < -0.39 is 9.84 Å². The van der Waals surface area contributed by atoms with Crippen molar-refractivity contribution in [2.24, 2.45) is 5.92 Å².